The van der Waals surface area contributed by atoms with Gasteiger partial charge in [0.2, 0.25) is 0 Å². The Labute approximate surface area is 63.9 Å². The largest absolute Gasteiger partial charge is 1.00 e. The molecule has 7 heavy (non-hydrogen) atoms. The molecule has 0 unspecified atom stereocenters. The first-order valence-electron chi connectivity index (χ1n) is 0.617. The minimum absolute atomic E-state index is 0. The van der Waals surface area contributed by atoms with E-state index in [1.165, 1.54) is 0 Å². The standard InChI is InChI=1S/ClHO4.Na.H2O/c2-1(3,4)5;;/h(H,2,3,4,5);;1H2/q;+1;/p-1. The summed E-state index contributed by atoms with van der Waals surface area (Å²) in [5.41, 5.74) is 0. The van der Waals surface area contributed by atoms with Gasteiger partial charge in [0.1, 0.15) is 0 Å². The van der Waals surface area contributed by atoms with Crippen LogP contribution in [0.25, 0.3) is 0 Å². The van der Waals surface area contributed by atoms with Gasteiger partial charge < -0.3 is 5.48 Å². The summed E-state index contributed by atoms with van der Waals surface area (Å²) in [7, 11) is -4.94. The fraction of sp³-hybridized carbons (Fsp3) is 0. The van der Waals surface area contributed by atoms with Crippen molar-refractivity contribution in [3.8, 4) is 0 Å². The van der Waals surface area contributed by atoms with E-state index in [0.717, 1.165) is 0 Å². The third-order valence-electron chi connectivity index (χ3n) is 0. The molecule has 5 nitrogen and oxygen atoms in total. The Morgan fingerprint density at radius 3 is 0.857 bits per heavy atom. The minimum atomic E-state index is -4.94. The molecule has 0 aromatic heterocycles. The summed E-state index contributed by atoms with van der Waals surface area (Å²) >= 11 is 0. The van der Waals surface area contributed by atoms with E-state index in [0.29, 0.717) is 0 Å². The normalized spacial score (nSPS) is 8.57. The smallest absolute Gasteiger partial charge is 0.412 e. The number of rotatable bonds is 0. The maximum Gasteiger partial charge on any atom is 1.00 e. The topological polar surface area (TPSA) is 124 Å². The molecule has 0 aromatic rings. The van der Waals surface area contributed by atoms with Gasteiger partial charge in [-0.2, -0.15) is 0 Å². The first-order valence-corrected chi connectivity index (χ1v) is 1.85. The van der Waals surface area contributed by atoms with Gasteiger partial charge in [0.05, 0.1) is 0 Å². The molecule has 0 bridgehead atoms. The Morgan fingerprint density at radius 2 is 0.857 bits per heavy atom. The Morgan fingerprint density at radius 1 is 0.857 bits per heavy atom. The van der Waals surface area contributed by atoms with Crippen molar-refractivity contribution in [2.24, 2.45) is 0 Å². The molecule has 2 N–H and O–H groups in total. The van der Waals surface area contributed by atoms with Crippen LogP contribution in [0.4, 0.5) is 0 Å². The van der Waals surface area contributed by atoms with Gasteiger partial charge >= 0.3 is 29.6 Å². The van der Waals surface area contributed by atoms with Crippen molar-refractivity contribution in [2.75, 3.05) is 0 Å². The number of halogens is 1. The van der Waals surface area contributed by atoms with Gasteiger partial charge in [0.25, 0.3) is 0 Å². The predicted molar refractivity (Wildman–Crippen MR) is 3.61 cm³/mol. The van der Waals surface area contributed by atoms with E-state index in [4.69, 9.17) is 18.6 Å². The van der Waals surface area contributed by atoms with E-state index >= 15 is 0 Å². The zero-order valence-corrected chi connectivity index (χ0v) is 6.27. The van der Waals surface area contributed by atoms with Crippen molar-refractivity contribution >= 4 is 0 Å². The molecule has 0 aromatic carbocycles. The molecular formula is H2ClNaO5. The van der Waals surface area contributed by atoms with Crippen molar-refractivity contribution in [1.29, 1.82) is 0 Å². The molecule has 0 rings (SSSR count). The van der Waals surface area contributed by atoms with Crippen molar-refractivity contribution in [3.63, 3.8) is 0 Å². The average molecular weight is 140 g/mol. The van der Waals surface area contributed by atoms with Gasteiger partial charge in [-0.25, -0.2) is 18.6 Å². The van der Waals surface area contributed by atoms with Gasteiger partial charge in [0.15, 0.2) is 0 Å². The third-order valence-corrected chi connectivity index (χ3v) is 0. The van der Waals surface area contributed by atoms with Gasteiger partial charge in [-0.1, -0.05) is 0 Å². The molecule has 0 saturated carbocycles. The molecule has 0 amide bonds. The van der Waals surface area contributed by atoms with Crippen LogP contribution in [0.15, 0.2) is 0 Å². The van der Waals surface area contributed by atoms with Gasteiger partial charge in [0, 0.05) is 0 Å². The van der Waals surface area contributed by atoms with E-state index in [2.05, 4.69) is 0 Å². The molecule has 0 spiro atoms. The second kappa shape index (κ2) is 5.23. The van der Waals surface area contributed by atoms with Crippen LogP contribution < -0.4 is 48.2 Å². The third kappa shape index (κ3) is 155. The van der Waals surface area contributed by atoms with Crippen molar-refractivity contribution in [1.82, 2.24) is 0 Å². The molecule has 7 heteroatoms. The van der Waals surface area contributed by atoms with Crippen LogP contribution in [-0.4, -0.2) is 5.48 Å². The second-order valence-electron chi connectivity index (χ2n) is 0.378. The number of hydrogen-bond acceptors (Lipinski definition) is 4. The second-order valence-corrected chi connectivity index (χ2v) is 1.13. The zero-order valence-electron chi connectivity index (χ0n) is 3.51. The molecule has 0 fully saturated rings. The SMILES string of the molecule is O.[Na+].[O-][Cl+3]([O-])([O-])[O-]. The first-order chi connectivity index (χ1) is 2.00. The summed E-state index contributed by atoms with van der Waals surface area (Å²) in [6, 6.07) is 0. The maximum atomic E-state index is 8.49. The molecule has 0 aliphatic heterocycles. The first kappa shape index (κ1) is 15.7. The zero-order chi connectivity index (χ0) is 4.50. The average Bonchev–Trinajstić information content (AvgIpc) is 0.722. The monoisotopic (exact) mass is 140 g/mol. The Hall–Kier alpha value is 1.09. The predicted octanol–water partition coefficient (Wildman–Crippen LogP) is -8.58. The summed E-state index contributed by atoms with van der Waals surface area (Å²) in [5, 5.41) is 0. The van der Waals surface area contributed by atoms with Crippen LogP contribution in [0.1, 0.15) is 0 Å². The molecule has 0 radical (unpaired) electrons. The van der Waals surface area contributed by atoms with Crippen LogP contribution in [0.2, 0.25) is 0 Å². The molecule has 0 atom stereocenters. The van der Waals surface area contributed by atoms with E-state index < -0.39 is 10.2 Å². The van der Waals surface area contributed by atoms with Crippen molar-refractivity contribution in [3.05, 3.63) is 0 Å². The van der Waals surface area contributed by atoms with Crippen LogP contribution in [-0.2, 0) is 0 Å². The van der Waals surface area contributed by atoms with E-state index in [1.54, 1.807) is 0 Å². The minimum Gasteiger partial charge on any atom is -0.412 e. The van der Waals surface area contributed by atoms with E-state index in [9.17, 15) is 0 Å². The summed E-state index contributed by atoms with van der Waals surface area (Å²) in [6.07, 6.45) is 0. The van der Waals surface area contributed by atoms with Crippen LogP contribution in [0, 0.1) is 10.2 Å². The van der Waals surface area contributed by atoms with Crippen LogP contribution >= 0.6 is 0 Å². The summed E-state index contributed by atoms with van der Waals surface area (Å²) in [5.74, 6) is 0. The van der Waals surface area contributed by atoms with Crippen molar-refractivity contribution < 1.29 is 63.9 Å². The molecule has 0 aliphatic carbocycles. The van der Waals surface area contributed by atoms with Gasteiger partial charge in [-0.15, -0.1) is 10.2 Å². The van der Waals surface area contributed by atoms with Crippen LogP contribution in [0.3, 0.4) is 0 Å². The van der Waals surface area contributed by atoms with Crippen LogP contribution in [0.5, 0.6) is 0 Å². The summed E-state index contributed by atoms with van der Waals surface area (Å²) in [6.45, 7) is 0. The fourth-order valence-corrected chi connectivity index (χ4v) is 0. The summed E-state index contributed by atoms with van der Waals surface area (Å²) < 4.78 is 34.0. The maximum absolute atomic E-state index is 8.49. The molecule has 0 heterocycles. The molecule has 0 aliphatic rings. The fourth-order valence-electron chi connectivity index (χ4n) is 0. The van der Waals surface area contributed by atoms with Gasteiger partial charge in [-0.3, -0.25) is 0 Å². The van der Waals surface area contributed by atoms with E-state index in [-0.39, 0.29) is 35.0 Å². The molecule has 40 valence electrons. The van der Waals surface area contributed by atoms with E-state index in [1.807, 2.05) is 0 Å². The van der Waals surface area contributed by atoms with Gasteiger partial charge in [-0.05, 0) is 0 Å². The van der Waals surface area contributed by atoms with Crippen molar-refractivity contribution in [2.45, 2.75) is 0 Å². The summed E-state index contributed by atoms with van der Waals surface area (Å²) in [4.78, 5) is 0. The molecule has 0 saturated heterocycles. The Bertz CT molecular complexity index is 23.6. The number of hydrogen-bond donors (Lipinski definition) is 0. The Kier molecular flexibility index (Phi) is 11.7. The quantitative estimate of drug-likeness (QED) is 0.310. The molecular weight excluding hydrogens is 138 g/mol. The Balaban J connectivity index is -0.0000000800.